The van der Waals surface area contributed by atoms with Gasteiger partial charge in [-0.1, -0.05) is 16.6 Å². The number of rotatable bonds is 3. The molecule has 8 heteroatoms. The number of imide groups is 1. The number of carbonyl (C=O) groups excluding carboxylic acids is 2. The molecule has 0 aliphatic carbocycles. The predicted octanol–water partition coefficient (Wildman–Crippen LogP) is 0.620. The van der Waals surface area contributed by atoms with Crippen molar-refractivity contribution >= 4 is 28.3 Å². The molecule has 3 N–H and O–H groups in total. The number of fused-ring (bicyclic) bond motifs is 1. The lowest BCUT2D eigenvalue weighted by Crippen LogP contribution is -2.29. The van der Waals surface area contributed by atoms with Crippen LogP contribution in [0.3, 0.4) is 0 Å². The smallest absolute Gasteiger partial charge is 0.261 e. The second kappa shape index (κ2) is 4.41. The van der Waals surface area contributed by atoms with Crippen molar-refractivity contribution in [1.82, 2.24) is 14.5 Å². The van der Waals surface area contributed by atoms with Crippen LogP contribution in [0.2, 0.25) is 0 Å². The average Bonchev–Trinajstić information content (AvgIpc) is 2.98. The van der Waals surface area contributed by atoms with Gasteiger partial charge in [-0.05, 0) is 12.1 Å². The molecule has 0 radical (unpaired) electrons. The molecule has 19 heavy (non-hydrogen) atoms. The summed E-state index contributed by atoms with van der Waals surface area (Å²) in [5.74, 6) is 4.67. The highest BCUT2D eigenvalue weighted by atomic mass is 32.1. The Morgan fingerprint density at radius 2 is 1.84 bits per heavy atom. The van der Waals surface area contributed by atoms with Crippen molar-refractivity contribution in [3.05, 3.63) is 41.1 Å². The van der Waals surface area contributed by atoms with E-state index < -0.39 is 0 Å². The molecule has 7 nitrogen and oxygen atoms in total. The lowest BCUT2D eigenvalue weighted by atomic mass is 10.1. The fourth-order valence-electron chi connectivity index (χ4n) is 1.95. The first kappa shape index (κ1) is 11.8. The van der Waals surface area contributed by atoms with E-state index >= 15 is 0 Å². The molecule has 0 saturated carbocycles. The Balaban J connectivity index is 1.93. The van der Waals surface area contributed by atoms with Crippen molar-refractivity contribution in [2.75, 3.05) is 5.43 Å². The minimum absolute atomic E-state index is 0.0579. The number of carbonyl (C=O) groups is 2. The van der Waals surface area contributed by atoms with E-state index in [1.165, 1.54) is 0 Å². The number of benzene rings is 1. The molecule has 2 amide bonds. The van der Waals surface area contributed by atoms with E-state index in [1.807, 2.05) is 0 Å². The lowest BCUT2D eigenvalue weighted by Gasteiger charge is -2.12. The summed E-state index contributed by atoms with van der Waals surface area (Å²) in [5, 5.41) is 4.40. The van der Waals surface area contributed by atoms with Crippen molar-refractivity contribution in [1.29, 1.82) is 0 Å². The van der Waals surface area contributed by atoms with Gasteiger partial charge in [-0.3, -0.25) is 14.5 Å². The van der Waals surface area contributed by atoms with Crippen LogP contribution >= 0.6 is 11.5 Å². The summed E-state index contributed by atoms with van der Waals surface area (Å²) >= 11 is 1.07. The van der Waals surface area contributed by atoms with Gasteiger partial charge in [0.25, 0.3) is 11.8 Å². The van der Waals surface area contributed by atoms with Crippen LogP contribution in [0.15, 0.2) is 24.3 Å². The Bertz CT molecular complexity index is 634. The summed E-state index contributed by atoms with van der Waals surface area (Å²) < 4.78 is 3.73. The molecule has 0 spiro atoms. The lowest BCUT2D eigenvalue weighted by molar-refractivity contribution is 0.0640. The van der Waals surface area contributed by atoms with E-state index in [2.05, 4.69) is 15.0 Å². The number of nitrogens with one attached hydrogen (secondary N) is 1. The minimum Gasteiger partial charge on any atom is -0.313 e. The van der Waals surface area contributed by atoms with E-state index in [9.17, 15) is 9.59 Å². The van der Waals surface area contributed by atoms with Gasteiger partial charge in [-0.15, -0.1) is 5.10 Å². The number of nitrogens with two attached hydrogens (primary N) is 1. The summed E-state index contributed by atoms with van der Waals surface area (Å²) in [6, 6.07) is 6.73. The molecule has 0 saturated heterocycles. The molecule has 0 atom stereocenters. The molecule has 2 aromatic rings. The van der Waals surface area contributed by atoms with Crippen LogP contribution in [0.5, 0.6) is 0 Å². The summed E-state index contributed by atoms with van der Waals surface area (Å²) in [6.07, 6.45) is 0. The first-order valence-electron chi connectivity index (χ1n) is 5.45. The summed E-state index contributed by atoms with van der Waals surface area (Å²) in [5.41, 5.74) is 3.75. The van der Waals surface area contributed by atoms with Crippen LogP contribution in [0.4, 0.5) is 5.00 Å². The predicted molar refractivity (Wildman–Crippen MR) is 68.4 cm³/mol. The quantitative estimate of drug-likeness (QED) is 0.484. The number of hydrazine groups is 1. The van der Waals surface area contributed by atoms with Crippen molar-refractivity contribution in [3.63, 3.8) is 0 Å². The van der Waals surface area contributed by atoms with Gasteiger partial charge in [0.1, 0.15) is 10.7 Å². The van der Waals surface area contributed by atoms with Gasteiger partial charge in [-0.2, -0.15) is 0 Å². The number of nitrogens with zero attached hydrogens (tertiary/aromatic N) is 3. The molecule has 0 unspecified atom stereocenters. The Morgan fingerprint density at radius 3 is 2.42 bits per heavy atom. The van der Waals surface area contributed by atoms with E-state index in [0.717, 1.165) is 16.4 Å². The SMILES string of the molecule is NNc1snnc1CN1C(=O)c2ccccc2C1=O. The highest BCUT2D eigenvalue weighted by Crippen LogP contribution is 2.26. The largest absolute Gasteiger partial charge is 0.313 e. The summed E-state index contributed by atoms with van der Waals surface area (Å²) in [7, 11) is 0. The van der Waals surface area contributed by atoms with Crippen LogP contribution in [0, 0.1) is 0 Å². The van der Waals surface area contributed by atoms with Crippen LogP contribution in [0.25, 0.3) is 0 Å². The van der Waals surface area contributed by atoms with Crippen molar-refractivity contribution < 1.29 is 9.59 Å². The third kappa shape index (κ3) is 1.77. The van der Waals surface area contributed by atoms with Crippen LogP contribution in [-0.4, -0.2) is 26.3 Å². The normalized spacial score (nSPS) is 13.8. The van der Waals surface area contributed by atoms with E-state index in [4.69, 9.17) is 5.84 Å². The van der Waals surface area contributed by atoms with Crippen LogP contribution in [0.1, 0.15) is 26.4 Å². The molecule has 1 aromatic heterocycles. The maximum absolute atomic E-state index is 12.1. The van der Waals surface area contributed by atoms with Gasteiger partial charge < -0.3 is 5.43 Å². The Kier molecular flexibility index (Phi) is 2.73. The van der Waals surface area contributed by atoms with Gasteiger partial charge >= 0.3 is 0 Å². The highest BCUT2D eigenvalue weighted by molar-refractivity contribution is 7.10. The molecule has 0 bridgehead atoms. The zero-order valence-electron chi connectivity index (χ0n) is 9.66. The number of hydrogen-bond donors (Lipinski definition) is 2. The maximum Gasteiger partial charge on any atom is 0.261 e. The molecule has 1 aromatic carbocycles. The molecule has 3 rings (SSSR count). The Hall–Kier alpha value is -2.32. The van der Waals surface area contributed by atoms with Gasteiger partial charge in [0, 0.05) is 11.5 Å². The van der Waals surface area contributed by atoms with Crippen LogP contribution < -0.4 is 11.3 Å². The van der Waals surface area contributed by atoms with Crippen molar-refractivity contribution in [2.24, 2.45) is 5.84 Å². The molecule has 1 aliphatic rings. The minimum atomic E-state index is -0.323. The van der Waals surface area contributed by atoms with Gasteiger partial charge in [0.2, 0.25) is 0 Å². The first-order chi connectivity index (χ1) is 9.22. The molecular weight excluding hydrogens is 266 g/mol. The Morgan fingerprint density at radius 1 is 1.21 bits per heavy atom. The monoisotopic (exact) mass is 275 g/mol. The van der Waals surface area contributed by atoms with E-state index in [0.29, 0.717) is 21.8 Å². The van der Waals surface area contributed by atoms with E-state index in [-0.39, 0.29) is 18.4 Å². The standard InChI is InChI=1S/C11H9N5O2S/c12-13-9-8(14-15-19-9)5-16-10(17)6-3-1-2-4-7(6)11(16)18/h1-4,13H,5,12H2. The zero-order valence-corrected chi connectivity index (χ0v) is 10.5. The van der Waals surface area contributed by atoms with Crippen LogP contribution in [-0.2, 0) is 6.54 Å². The van der Waals surface area contributed by atoms with Gasteiger partial charge in [0.15, 0.2) is 0 Å². The van der Waals surface area contributed by atoms with Gasteiger partial charge in [0.05, 0.1) is 17.7 Å². The average molecular weight is 275 g/mol. The third-order valence-corrected chi connectivity index (χ3v) is 3.57. The molecule has 0 fully saturated rings. The summed E-state index contributed by atoms with van der Waals surface area (Å²) in [6.45, 7) is 0.0579. The zero-order chi connectivity index (χ0) is 13.4. The highest BCUT2D eigenvalue weighted by Gasteiger charge is 2.35. The van der Waals surface area contributed by atoms with Gasteiger partial charge in [-0.25, -0.2) is 5.84 Å². The number of anilines is 1. The number of aromatic nitrogens is 2. The van der Waals surface area contributed by atoms with E-state index in [1.54, 1.807) is 24.3 Å². The molecule has 96 valence electrons. The number of amides is 2. The Labute approximate surface area is 112 Å². The topological polar surface area (TPSA) is 101 Å². The third-order valence-electron chi connectivity index (χ3n) is 2.87. The fraction of sp³-hybridized carbons (Fsp3) is 0.0909. The van der Waals surface area contributed by atoms with Crippen molar-refractivity contribution in [2.45, 2.75) is 6.54 Å². The molecule has 2 heterocycles. The summed E-state index contributed by atoms with van der Waals surface area (Å²) in [4.78, 5) is 25.4. The number of hydrogen-bond acceptors (Lipinski definition) is 7. The molecule has 1 aliphatic heterocycles. The fourth-order valence-corrected chi connectivity index (χ4v) is 2.44. The second-order valence-corrected chi connectivity index (χ2v) is 4.69. The first-order valence-corrected chi connectivity index (χ1v) is 6.22. The maximum atomic E-state index is 12.1. The molecular formula is C11H9N5O2S. The number of nitrogen functional groups attached to an aromatic ring is 1. The van der Waals surface area contributed by atoms with Crippen molar-refractivity contribution in [3.8, 4) is 0 Å². The second-order valence-electron chi connectivity index (χ2n) is 3.94.